The van der Waals surface area contributed by atoms with E-state index < -0.39 is 16.1 Å². The van der Waals surface area contributed by atoms with Gasteiger partial charge >= 0.3 is 5.97 Å². The fourth-order valence-electron chi connectivity index (χ4n) is 1.84. The molecule has 1 amide bonds. The Bertz CT molecular complexity index is 790. The highest BCUT2D eigenvalue weighted by atomic mass is 32.2. The third kappa shape index (κ3) is 5.88. The van der Waals surface area contributed by atoms with Crippen molar-refractivity contribution in [3.8, 4) is 0 Å². The highest BCUT2D eigenvalue weighted by molar-refractivity contribution is 8.01. The van der Waals surface area contributed by atoms with Gasteiger partial charge in [0.25, 0.3) is 5.69 Å². The molecule has 1 atom stereocenters. The third-order valence-corrected chi connectivity index (χ3v) is 4.36. The zero-order valence-electron chi connectivity index (χ0n) is 14.1. The van der Waals surface area contributed by atoms with Crippen LogP contribution in [0.1, 0.15) is 18.2 Å². The lowest BCUT2D eigenvalue weighted by Crippen LogP contribution is -2.24. The van der Waals surface area contributed by atoms with E-state index in [-0.39, 0.29) is 24.0 Å². The molecule has 0 bridgehead atoms. The summed E-state index contributed by atoms with van der Waals surface area (Å²) in [4.78, 5) is 33.8. The van der Waals surface area contributed by atoms with Crippen LogP contribution in [0.3, 0.4) is 0 Å². The number of nitrogens with zero attached hydrogens (tertiary/aromatic N) is 2. The summed E-state index contributed by atoms with van der Waals surface area (Å²) in [5.74, 6) is 0.118. The summed E-state index contributed by atoms with van der Waals surface area (Å²) in [5, 5.41) is 16.3. The first-order chi connectivity index (χ1) is 12.3. The summed E-state index contributed by atoms with van der Waals surface area (Å²) < 4.78 is 9.95. The molecule has 0 saturated carbocycles. The number of benzene rings is 1. The van der Waals surface area contributed by atoms with E-state index in [9.17, 15) is 19.7 Å². The number of hydrogen-bond acceptors (Lipinski definition) is 8. The van der Waals surface area contributed by atoms with Crippen molar-refractivity contribution in [3.05, 3.63) is 51.8 Å². The number of thioether (sulfide) groups is 1. The van der Waals surface area contributed by atoms with Crippen molar-refractivity contribution in [2.24, 2.45) is 0 Å². The summed E-state index contributed by atoms with van der Waals surface area (Å²) in [7, 11) is 0. The van der Waals surface area contributed by atoms with Crippen LogP contribution in [0.25, 0.3) is 0 Å². The fraction of sp³-hybridized carbons (Fsp3) is 0.312. The first-order valence-electron chi connectivity index (χ1n) is 7.60. The Balaban J connectivity index is 1.72. The number of rotatable bonds is 8. The number of aromatic nitrogens is 1. The van der Waals surface area contributed by atoms with Crippen LogP contribution in [-0.4, -0.2) is 33.0 Å². The van der Waals surface area contributed by atoms with Crippen LogP contribution in [-0.2, 0) is 20.9 Å². The molecule has 1 N–H and O–H groups in total. The van der Waals surface area contributed by atoms with E-state index in [1.807, 2.05) is 0 Å². The van der Waals surface area contributed by atoms with Gasteiger partial charge in [-0.3, -0.25) is 19.7 Å². The number of ether oxygens (including phenoxy) is 1. The molecule has 0 fully saturated rings. The van der Waals surface area contributed by atoms with Crippen LogP contribution in [0.4, 0.5) is 11.5 Å². The summed E-state index contributed by atoms with van der Waals surface area (Å²) in [6.07, 6.45) is 0. The van der Waals surface area contributed by atoms with E-state index in [4.69, 9.17) is 9.26 Å². The van der Waals surface area contributed by atoms with E-state index in [0.29, 0.717) is 17.1 Å². The second kappa shape index (κ2) is 8.99. The first kappa shape index (κ1) is 19.4. The zero-order valence-corrected chi connectivity index (χ0v) is 14.9. The van der Waals surface area contributed by atoms with E-state index in [2.05, 4.69) is 10.5 Å². The average Bonchev–Trinajstić information content (AvgIpc) is 3.02. The maximum Gasteiger partial charge on any atom is 0.316 e. The predicted octanol–water partition coefficient (Wildman–Crippen LogP) is 2.69. The number of nitro benzene ring substituents is 1. The third-order valence-electron chi connectivity index (χ3n) is 3.25. The molecule has 138 valence electrons. The van der Waals surface area contributed by atoms with Crippen molar-refractivity contribution in [1.82, 2.24) is 5.16 Å². The number of nitrogens with one attached hydrogen (secondary N) is 1. The molecular formula is C16H17N3O6S. The highest BCUT2D eigenvalue weighted by Crippen LogP contribution is 2.16. The van der Waals surface area contributed by atoms with Gasteiger partial charge in [-0.25, -0.2) is 0 Å². The van der Waals surface area contributed by atoms with E-state index in [1.165, 1.54) is 24.3 Å². The van der Waals surface area contributed by atoms with Gasteiger partial charge in [-0.1, -0.05) is 5.16 Å². The van der Waals surface area contributed by atoms with Gasteiger partial charge in [0, 0.05) is 18.2 Å². The lowest BCUT2D eigenvalue weighted by molar-refractivity contribution is -0.384. The Labute approximate surface area is 153 Å². The van der Waals surface area contributed by atoms with Crippen molar-refractivity contribution in [1.29, 1.82) is 0 Å². The molecule has 1 aromatic carbocycles. The van der Waals surface area contributed by atoms with E-state index >= 15 is 0 Å². The molecule has 9 nitrogen and oxygen atoms in total. The van der Waals surface area contributed by atoms with E-state index in [0.717, 1.165) is 11.8 Å². The number of nitro groups is 1. The maximum atomic E-state index is 12.0. The maximum absolute atomic E-state index is 12.0. The van der Waals surface area contributed by atoms with Gasteiger partial charge in [0.05, 0.1) is 15.9 Å². The van der Waals surface area contributed by atoms with Gasteiger partial charge in [-0.2, -0.15) is 0 Å². The van der Waals surface area contributed by atoms with Crippen LogP contribution < -0.4 is 5.32 Å². The van der Waals surface area contributed by atoms with Crippen molar-refractivity contribution >= 4 is 35.1 Å². The second-order valence-electron chi connectivity index (χ2n) is 5.35. The van der Waals surface area contributed by atoms with Gasteiger partial charge in [-0.15, -0.1) is 11.8 Å². The Kier molecular flexibility index (Phi) is 6.73. The van der Waals surface area contributed by atoms with E-state index in [1.54, 1.807) is 19.9 Å². The smallest absolute Gasteiger partial charge is 0.316 e. The first-order valence-corrected chi connectivity index (χ1v) is 8.65. The molecule has 1 aromatic heterocycles. The van der Waals surface area contributed by atoms with Crippen molar-refractivity contribution in [2.75, 3.05) is 11.1 Å². The van der Waals surface area contributed by atoms with Crippen LogP contribution in [0.15, 0.2) is 34.9 Å². The van der Waals surface area contributed by atoms with Crippen molar-refractivity contribution in [2.45, 2.75) is 25.7 Å². The Morgan fingerprint density at radius 1 is 1.38 bits per heavy atom. The molecule has 2 aromatic rings. The quantitative estimate of drug-likeness (QED) is 0.422. The van der Waals surface area contributed by atoms with Gasteiger partial charge in [0.15, 0.2) is 5.82 Å². The molecule has 10 heteroatoms. The van der Waals surface area contributed by atoms with Crippen molar-refractivity contribution < 1.29 is 23.8 Å². The number of non-ortho nitro benzene ring substituents is 1. The topological polar surface area (TPSA) is 125 Å². The molecule has 26 heavy (non-hydrogen) atoms. The van der Waals surface area contributed by atoms with Gasteiger partial charge < -0.3 is 14.6 Å². The molecule has 0 spiro atoms. The minimum Gasteiger partial charge on any atom is -0.460 e. The standard InChI is InChI=1S/C16H17N3O6S/c1-10-7-14(18-25-10)17-16(21)11(2)26-9-15(20)24-8-12-3-5-13(6-4-12)19(22)23/h3-7,11H,8-9H2,1-2H3,(H,17,18,21)/t11-/m0/s1. The minimum absolute atomic E-state index is 0.000584. The number of hydrogen-bond donors (Lipinski definition) is 1. The van der Waals surface area contributed by atoms with Crippen LogP contribution >= 0.6 is 11.8 Å². The molecule has 0 aliphatic carbocycles. The molecular weight excluding hydrogens is 362 g/mol. The number of carbonyl (C=O) groups is 2. The van der Waals surface area contributed by atoms with Gasteiger partial charge in [0.2, 0.25) is 5.91 Å². The number of carbonyl (C=O) groups excluding carboxylic acids is 2. The number of esters is 1. The predicted molar refractivity (Wildman–Crippen MR) is 94.7 cm³/mol. The molecule has 0 unspecified atom stereocenters. The summed E-state index contributed by atoms with van der Waals surface area (Å²) in [6, 6.07) is 7.32. The fourth-order valence-corrected chi connectivity index (χ4v) is 2.52. The molecule has 0 radical (unpaired) electrons. The Morgan fingerprint density at radius 3 is 2.65 bits per heavy atom. The number of amides is 1. The SMILES string of the molecule is Cc1cc(NC(=O)[C@H](C)SCC(=O)OCc2ccc([N+](=O)[O-])cc2)no1. The average molecular weight is 379 g/mol. The molecule has 0 aliphatic rings. The normalized spacial score (nSPS) is 11.6. The Hall–Kier alpha value is -2.88. The largest absolute Gasteiger partial charge is 0.460 e. The zero-order chi connectivity index (χ0) is 19.1. The second-order valence-corrected chi connectivity index (χ2v) is 6.68. The molecule has 2 rings (SSSR count). The lowest BCUT2D eigenvalue weighted by Gasteiger charge is -2.10. The Morgan fingerprint density at radius 2 is 2.08 bits per heavy atom. The van der Waals surface area contributed by atoms with Crippen LogP contribution in [0, 0.1) is 17.0 Å². The van der Waals surface area contributed by atoms with Gasteiger partial charge in [-0.05, 0) is 31.5 Å². The van der Waals surface area contributed by atoms with Crippen molar-refractivity contribution in [3.63, 3.8) is 0 Å². The van der Waals surface area contributed by atoms with Gasteiger partial charge in [0.1, 0.15) is 12.4 Å². The molecule has 0 aliphatic heterocycles. The minimum atomic E-state index is -0.501. The molecule has 0 saturated heterocycles. The summed E-state index contributed by atoms with van der Waals surface area (Å²) in [6.45, 7) is 3.38. The lowest BCUT2D eigenvalue weighted by atomic mass is 10.2. The van der Waals surface area contributed by atoms with Crippen LogP contribution in [0.5, 0.6) is 0 Å². The molecule has 1 heterocycles. The monoisotopic (exact) mass is 379 g/mol. The highest BCUT2D eigenvalue weighted by Gasteiger charge is 2.17. The summed E-state index contributed by atoms with van der Waals surface area (Å²) in [5.41, 5.74) is 0.610. The van der Waals surface area contributed by atoms with Crippen LogP contribution in [0.2, 0.25) is 0 Å². The summed E-state index contributed by atoms with van der Waals surface area (Å²) >= 11 is 1.13. The number of anilines is 1. The number of aryl methyl sites for hydroxylation is 1.